The normalized spacial score (nSPS) is 10.9. The molecule has 3 N–H and O–H groups in total. The largest absolute Gasteiger partial charge is 0.348 e. The topological polar surface area (TPSA) is 104 Å². The number of hydrogen-bond donors (Lipinski definition) is 3. The van der Waals surface area contributed by atoms with Gasteiger partial charge in [-0.2, -0.15) is 0 Å². The first-order valence-corrected chi connectivity index (χ1v) is 9.61. The van der Waals surface area contributed by atoms with Crippen molar-refractivity contribution in [1.82, 2.24) is 10.0 Å². The van der Waals surface area contributed by atoms with Crippen LogP contribution in [0.25, 0.3) is 0 Å². The van der Waals surface area contributed by atoms with Gasteiger partial charge >= 0.3 is 0 Å². The summed E-state index contributed by atoms with van der Waals surface area (Å²) in [6.07, 6.45) is 1.15. The first kappa shape index (κ1) is 20.3. The molecule has 8 heteroatoms. The molecule has 0 saturated carbocycles. The molecule has 0 aliphatic carbocycles. The zero-order valence-corrected chi connectivity index (χ0v) is 15.9. The van der Waals surface area contributed by atoms with Crippen molar-refractivity contribution in [3.8, 4) is 0 Å². The van der Waals surface area contributed by atoms with E-state index in [2.05, 4.69) is 21.9 Å². The Balaban J connectivity index is 2.30. The van der Waals surface area contributed by atoms with E-state index in [0.29, 0.717) is 22.4 Å². The lowest BCUT2D eigenvalue weighted by molar-refractivity contribution is -0.116. The van der Waals surface area contributed by atoms with Gasteiger partial charge in [-0.05, 0) is 49.4 Å². The highest BCUT2D eigenvalue weighted by atomic mass is 32.2. The summed E-state index contributed by atoms with van der Waals surface area (Å²) in [6.45, 7) is 5.17. The molecular weight excluding hydrogens is 366 g/mol. The number of benzene rings is 2. The van der Waals surface area contributed by atoms with Crippen molar-refractivity contribution in [2.45, 2.75) is 18.4 Å². The van der Waals surface area contributed by atoms with Gasteiger partial charge in [0, 0.05) is 17.8 Å². The van der Waals surface area contributed by atoms with Gasteiger partial charge in [0.2, 0.25) is 15.9 Å². The second kappa shape index (κ2) is 8.61. The van der Waals surface area contributed by atoms with Gasteiger partial charge in [0.25, 0.3) is 5.91 Å². The molecule has 7 nitrogen and oxygen atoms in total. The Morgan fingerprint density at radius 3 is 2.48 bits per heavy atom. The predicted octanol–water partition coefficient (Wildman–Crippen LogP) is 1.96. The fourth-order valence-electron chi connectivity index (χ4n) is 2.49. The van der Waals surface area contributed by atoms with E-state index in [1.807, 2.05) is 0 Å². The van der Waals surface area contributed by atoms with E-state index in [1.54, 1.807) is 43.3 Å². The summed E-state index contributed by atoms with van der Waals surface area (Å²) in [4.78, 5) is 24.2. The third-order valence-corrected chi connectivity index (χ3v) is 5.55. The van der Waals surface area contributed by atoms with Gasteiger partial charge in [0.1, 0.15) is 0 Å². The number of nitrogens with one attached hydrogen (secondary N) is 3. The van der Waals surface area contributed by atoms with E-state index >= 15 is 0 Å². The smallest absolute Gasteiger partial charge is 0.256 e. The van der Waals surface area contributed by atoms with Crippen LogP contribution in [-0.4, -0.2) is 27.3 Å². The Labute approximate surface area is 158 Å². The van der Waals surface area contributed by atoms with Crippen LogP contribution in [0.5, 0.6) is 0 Å². The fraction of sp³-hybridized carbons (Fsp3) is 0.158. The third kappa shape index (κ3) is 4.81. The first-order valence-electron chi connectivity index (χ1n) is 8.13. The van der Waals surface area contributed by atoms with Crippen molar-refractivity contribution in [2.75, 3.05) is 12.4 Å². The van der Waals surface area contributed by atoms with E-state index < -0.39 is 15.9 Å². The molecule has 0 saturated heterocycles. The minimum absolute atomic E-state index is 0.0920. The summed E-state index contributed by atoms with van der Waals surface area (Å²) in [7, 11) is -2.31. The molecule has 0 fully saturated rings. The third-order valence-electron chi connectivity index (χ3n) is 3.99. The fourth-order valence-corrected chi connectivity index (χ4v) is 3.48. The maximum absolute atomic E-state index is 12.7. The Morgan fingerprint density at radius 1 is 1.11 bits per heavy atom. The van der Waals surface area contributed by atoms with Gasteiger partial charge in [-0.1, -0.05) is 30.8 Å². The van der Waals surface area contributed by atoms with Crippen molar-refractivity contribution in [3.63, 3.8) is 0 Å². The quantitative estimate of drug-likeness (QED) is 0.632. The molecule has 0 atom stereocenters. The zero-order chi connectivity index (χ0) is 20.0. The minimum Gasteiger partial charge on any atom is -0.348 e. The number of amides is 2. The number of rotatable bonds is 7. The predicted molar refractivity (Wildman–Crippen MR) is 104 cm³/mol. The molecule has 0 radical (unpaired) electrons. The average Bonchev–Trinajstić information content (AvgIpc) is 2.67. The molecule has 2 aromatic carbocycles. The van der Waals surface area contributed by atoms with Crippen LogP contribution in [0.4, 0.5) is 5.69 Å². The molecule has 142 valence electrons. The highest BCUT2D eigenvalue weighted by molar-refractivity contribution is 7.89. The molecule has 0 spiro atoms. The molecule has 0 heterocycles. The summed E-state index contributed by atoms with van der Waals surface area (Å²) in [5.41, 5.74) is 1.82. The zero-order valence-electron chi connectivity index (χ0n) is 15.1. The Morgan fingerprint density at radius 2 is 1.81 bits per heavy atom. The van der Waals surface area contributed by atoms with Crippen LogP contribution in [0.15, 0.2) is 60.0 Å². The number of carbonyl (C=O) groups excluding carboxylic acids is 2. The van der Waals surface area contributed by atoms with Crippen LogP contribution in [0.2, 0.25) is 0 Å². The van der Waals surface area contributed by atoms with E-state index in [4.69, 9.17) is 0 Å². The summed E-state index contributed by atoms with van der Waals surface area (Å²) < 4.78 is 26.4. The number of carbonyl (C=O) groups is 2. The van der Waals surface area contributed by atoms with Crippen LogP contribution in [0.1, 0.15) is 21.5 Å². The van der Waals surface area contributed by atoms with Gasteiger partial charge in [0.15, 0.2) is 0 Å². The second-order valence-corrected chi connectivity index (χ2v) is 7.52. The summed E-state index contributed by atoms with van der Waals surface area (Å²) in [5.74, 6) is -0.744. The number of sulfonamides is 1. The molecule has 2 rings (SSSR count). The maximum Gasteiger partial charge on any atom is 0.256 e. The number of hydrogen-bond acceptors (Lipinski definition) is 4. The van der Waals surface area contributed by atoms with Gasteiger partial charge in [-0.15, -0.1) is 0 Å². The first-order chi connectivity index (χ1) is 12.8. The van der Waals surface area contributed by atoms with Gasteiger partial charge in [-0.3, -0.25) is 9.59 Å². The molecule has 0 aliphatic rings. The molecule has 2 amide bonds. The summed E-state index contributed by atoms with van der Waals surface area (Å²) in [5, 5.41) is 5.37. The highest BCUT2D eigenvalue weighted by Crippen LogP contribution is 2.23. The van der Waals surface area contributed by atoms with Gasteiger partial charge < -0.3 is 10.6 Å². The van der Waals surface area contributed by atoms with E-state index in [0.717, 1.165) is 6.08 Å². The van der Waals surface area contributed by atoms with Crippen molar-refractivity contribution in [2.24, 2.45) is 0 Å². The van der Waals surface area contributed by atoms with Crippen LogP contribution in [-0.2, 0) is 21.4 Å². The SMILES string of the molecule is C=CC(=O)NCc1ccccc1C(=O)Nc1cccc(S(=O)(=O)NC)c1C. The van der Waals surface area contributed by atoms with Gasteiger partial charge in [0.05, 0.1) is 4.90 Å². The summed E-state index contributed by atoms with van der Waals surface area (Å²) in [6, 6.07) is 11.5. The van der Waals surface area contributed by atoms with Gasteiger partial charge in [-0.25, -0.2) is 13.1 Å². The van der Waals surface area contributed by atoms with E-state index in [1.165, 1.54) is 13.1 Å². The van der Waals surface area contributed by atoms with Crippen molar-refractivity contribution in [3.05, 3.63) is 71.8 Å². The second-order valence-electron chi connectivity index (χ2n) is 5.67. The lowest BCUT2D eigenvalue weighted by Crippen LogP contribution is -2.23. The van der Waals surface area contributed by atoms with Crippen LogP contribution >= 0.6 is 0 Å². The lowest BCUT2D eigenvalue weighted by atomic mass is 10.1. The van der Waals surface area contributed by atoms with Crippen LogP contribution in [0.3, 0.4) is 0 Å². The Kier molecular flexibility index (Phi) is 6.49. The van der Waals surface area contributed by atoms with E-state index in [9.17, 15) is 18.0 Å². The average molecular weight is 387 g/mol. The van der Waals surface area contributed by atoms with E-state index in [-0.39, 0.29) is 17.3 Å². The number of anilines is 1. The standard InChI is InChI=1S/C19H21N3O4S/c1-4-18(23)21-12-14-8-5-6-9-15(14)19(24)22-16-10-7-11-17(13(16)2)27(25,26)20-3/h4-11,20H,1,12H2,2-3H3,(H,21,23)(H,22,24). The Bertz CT molecular complexity index is 984. The summed E-state index contributed by atoms with van der Waals surface area (Å²) >= 11 is 0. The maximum atomic E-state index is 12.7. The molecular formula is C19H21N3O4S. The molecule has 0 unspecified atom stereocenters. The Hall–Kier alpha value is -2.97. The molecule has 2 aromatic rings. The highest BCUT2D eigenvalue weighted by Gasteiger charge is 2.18. The monoisotopic (exact) mass is 387 g/mol. The minimum atomic E-state index is -3.64. The van der Waals surface area contributed by atoms with Crippen molar-refractivity contribution < 1.29 is 18.0 Å². The molecule has 0 aliphatic heterocycles. The molecule has 0 aromatic heterocycles. The van der Waals surface area contributed by atoms with Crippen molar-refractivity contribution >= 4 is 27.5 Å². The lowest BCUT2D eigenvalue weighted by Gasteiger charge is -2.14. The molecule has 27 heavy (non-hydrogen) atoms. The van der Waals surface area contributed by atoms with Crippen LogP contribution < -0.4 is 15.4 Å². The van der Waals surface area contributed by atoms with Crippen molar-refractivity contribution in [1.29, 1.82) is 0 Å². The molecule has 0 bridgehead atoms. The van der Waals surface area contributed by atoms with Crippen LogP contribution in [0, 0.1) is 6.92 Å².